The molecule has 1 aliphatic rings. The Kier molecular flexibility index (Phi) is 2.98. The Balaban J connectivity index is 2.56. The van der Waals surface area contributed by atoms with E-state index in [1.165, 1.54) is 11.9 Å². The van der Waals surface area contributed by atoms with Crippen LogP contribution in [-0.4, -0.2) is 0 Å². The summed E-state index contributed by atoms with van der Waals surface area (Å²) in [6, 6.07) is 15.8. The average molecular weight is 203 g/mol. The standard InChI is InChI=1S/C10H9N3S/c1-2-4-6-8-10-9(7-5-3-1)11-12-13-14-10/h1-8H,(H,11,13). The lowest BCUT2D eigenvalue weighted by Gasteiger charge is -2.04. The van der Waals surface area contributed by atoms with E-state index in [1.807, 2.05) is 48.5 Å². The molecule has 0 bridgehead atoms. The van der Waals surface area contributed by atoms with Crippen molar-refractivity contribution in [1.29, 1.82) is 0 Å². The second-order valence-corrected chi connectivity index (χ2v) is 3.46. The Labute approximate surface area is 86.7 Å². The predicted molar refractivity (Wildman–Crippen MR) is 57.6 cm³/mol. The molecule has 0 aromatic heterocycles. The van der Waals surface area contributed by atoms with Crippen molar-refractivity contribution < 1.29 is 0 Å². The van der Waals surface area contributed by atoms with E-state index in [2.05, 4.69) is 15.2 Å². The van der Waals surface area contributed by atoms with Crippen LogP contribution in [0.3, 0.4) is 0 Å². The van der Waals surface area contributed by atoms with Gasteiger partial charge in [-0.25, -0.2) is 4.83 Å². The first kappa shape index (κ1) is 9.02. The van der Waals surface area contributed by atoms with Crippen molar-refractivity contribution in [3.05, 3.63) is 48.5 Å². The summed E-state index contributed by atoms with van der Waals surface area (Å²) >= 11 is 1.46. The van der Waals surface area contributed by atoms with Crippen molar-refractivity contribution in [3.8, 4) is 0 Å². The lowest BCUT2D eigenvalue weighted by Crippen LogP contribution is -1.93. The maximum atomic E-state index is 4.00. The Hall–Kier alpha value is -1.55. The molecule has 1 aromatic carbocycles. The minimum absolute atomic E-state index is 0.880. The van der Waals surface area contributed by atoms with Crippen molar-refractivity contribution in [2.45, 2.75) is 4.90 Å². The van der Waals surface area contributed by atoms with Crippen LogP contribution in [0.2, 0.25) is 0 Å². The lowest BCUT2D eigenvalue weighted by molar-refractivity contribution is 0.945. The topological polar surface area (TPSA) is 36.8 Å². The van der Waals surface area contributed by atoms with E-state index < -0.39 is 0 Å². The molecule has 0 saturated heterocycles. The molecule has 0 amide bonds. The third-order valence-corrected chi connectivity index (χ3v) is 2.40. The van der Waals surface area contributed by atoms with E-state index >= 15 is 0 Å². The average Bonchev–Trinajstić information content (AvgIpc) is 2.25. The molecular weight excluding hydrogens is 194 g/mol. The highest BCUT2D eigenvalue weighted by molar-refractivity contribution is 7.97. The van der Waals surface area contributed by atoms with Gasteiger partial charge < -0.3 is 0 Å². The third-order valence-electron chi connectivity index (χ3n) is 1.66. The predicted octanol–water partition coefficient (Wildman–Crippen LogP) is 3.42. The van der Waals surface area contributed by atoms with Gasteiger partial charge in [0.2, 0.25) is 0 Å². The second-order valence-electron chi connectivity index (χ2n) is 2.63. The normalized spacial score (nSPS) is 12.3. The molecule has 0 saturated carbocycles. The van der Waals surface area contributed by atoms with E-state index in [9.17, 15) is 0 Å². The molecule has 1 N–H and O–H groups in total. The monoisotopic (exact) mass is 203 g/mol. The minimum atomic E-state index is 0.880. The van der Waals surface area contributed by atoms with E-state index in [0.29, 0.717) is 0 Å². The van der Waals surface area contributed by atoms with Gasteiger partial charge in [-0.2, -0.15) is 0 Å². The fourth-order valence-corrected chi connectivity index (χ4v) is 1.57. The summed E-state index contributed by atoms with van der Waals surface area (Å²) in [5, 5.41) is 7.74. The van der Waals surface area contributed by atoms with Crippen molar-refractivity contribution in [2.75, 3.05) is 0 Å². The summed E-state index contributed by atoms with van der Waals surface area (Å²) in [6.07, 6.45) is 0. The summed E-state index contributed by atoms with van der Waals surface area (Å²) in [5.74, 6) is 0. The smallest absolute Gasteiger partial charge is 0.103 e. The summed E-state index contributed by atoms with van der Waals surface area (Å²) in [5.41, 5.74) is 0.880. The molecule has 0 fully saturated rings. The Bertz CT molecular complexity index is 402. The van der Waals surface area contributed by atoms with Gasteiger partial charge in [0.15, 0.2) is 0 Å². The molecule has 0 unspecified atom stereocenters. The maximum absolute atomic E-state index is 4.00. The molecule has 1 aliphatic heterocycles. The molecule has 14 heavy (non-hydrogen) atoms. The molecule has 0 aliphatic carbocycles. The SMILES string of the molecule is c1ccccc2c(ccc1)N=NNS2. The number of rotatable bonds is 0. The second kappa shape index (κ2) is 4.62. The van der Waals surface area contributed by atoms with E-state index in [-0.39, 0.29) is 0 Å². The molecule has 4 heteroatoms. The van der Waals surface area contributed by atoms with Crippen LogP contribution in [0.1, 0.15) is 0 Å². The molecule has 0 spiro atoms. The van der Waals surface area contributed by atoms with Gasteiger partial charge in [0, 0.05) is 11.9 Å². The van der Waals surface area contributed by atoms with E-state index in [4.69, 9.17) is 0 Å². The molecular formula is C10H9N3S. The zero-order chi connectivity index (χ0) is 9.64. The van der Waals surface area contributed by atoms with Crippen LogP contribution in [0.4, 0.5) is 5.69 Å². The van der Waals surface area contributed by atoms with Gasteiger partial charge >= 0.3 is 0 Å². The Morgan fingerprint density at radius 2 is 1.64 bits per heavy atom. The number of nitrogens with zero attached hydrogens (tertiary/aromatic N) is 2. The molecule has 1 aromatic rings. The number of fused-ring (bicyclic) bond motifs is 1. The first-order valence-electron chi connectivity index (χ1n) is 4.22. The van der Waals surface area contributed by atoms with Crippen LogP contribution < -0.4 is 4.83 Å². The molecule has 70 valence electrons. The summed E-state index contributed by atoms with van der Waals surface area (Å²) in [4.78, 5) is 3.82. The lowest BCUT2D eigenvalue weighted by atomic mass is 10.3. The van der Waals surface area contributed by atoms with Gasteiger partial charge in [0.1, 0.15) is 5.69 Å². The van der Waals surface area contributed by atoms with Crippen LogP contribution in [0.25, 0.3) is 0 Å². The zero-order valence-corrected chi connectivity index (χ0v) is 8.24. The van der Waals surface area contributed by atoms with Crippen LogP contribution >= 0.6 is 11.9 Å². The van der Waals surface area contributed by atoms with Crippen LogP contribution in [0.15, 0.2) is 63.8 Å². The molecule has 2 rings (SSSR count). The Morgan fingerprint density at radius 3 is 2.50 bits per heavy atom. The highest BCUT2D eigenvalue weighted by Crippen LogP contribution is 2.28. The number of nitrogens with one attached hydrogen (secondary N) is 1. The van der Waals surface area contributed by atoms with Crippen molar-refractivity contribution in [2.24, 2.45) is 10.3 Å². The first-order valence-corrected chi connectivity index (χ1v) is 5.03. The van der Waals surface area contributed by atoms with Crippen LogP contribution in [0, 0.1) is 0 Å². The highest BCUT2D eigenvalue weighted by atomic mass is 32.2. The number of hydrogen-bond acceptors (Lipinski definition) is 4. The van der Waals surface area contributed by atoms with Crippen LogP contribution in [-0.2, 0) is 0 Å². The highest BCUT2D eigenvalue weighted by Gasteiger charge is 2.02. The molecule has 3 nitrogen and oxygen atoms in total. The molecule has 0 atom stereocenters. The first-order chi connectivity index (χ1) is 6.97. The Morgan fingerprint density at radius 1 is 0.929 bits per heavy atom. The van der Waals surface area contributed by atoms with Gasteiger partial charge in [-0.05, 0) is 12.1 Å². The molecule has 1 heterocycles. The van der Waals surface area contributed by atoms with Crippen molar-refractivity contribution in [3.63, 3.8) is 0 Å². The van der Waals surface area contributed by atoms with E-state index in [0.717, 1.165) is 10.6 Å². The zero-order valence-electron chi connectivity index (χ0n) is 7.42. The fourth-order valence-electron chi connectivity index (χ4n) is 1.03. The van der Waals surface area contributed by atoms with E-state index in [1.54, 1.807) is 0 Å². The van der Waals surface area contributed by atoms with Gasteiger partial charge in [0.05, 0.1) is 4.90 Å². The van der Waals surface area contributed by atoms with Gasteiger partial charge in [-0.15, -0.1) is 5.11 Å². The fraction of sp³-hybridized carbons (Fsp3) is 0. The quantitative estimate of drug-likeness (QED) is 0.656. The van der Waals surface area contributed by atoms with Gasteiger partial charge in [-0.1, -0.05) is 41.6 Å². The summed E-state index contributed by atoms with van der Waals surface area (Å²) in [6.45, 7) is 0. The molecule has 0 radical (unpaired) electrons. The van der Waals surface area contributed by atoms with Crippen molar-refractivity contribution in [1.82, 2.24) is 4.83 Å². The van der Waals surface area contributed by atoms with Gasteiger partial charge in [0.25, 0.3) is 0 Å². The number of hydrogen-bond donors (Lipinski definition) is 1. The minimum Gasteiger partial charge on any atom is -0.228 e. The largest absolute Gasteiger partial charge is 0.228 e. The summed E-state index contributed by atoms with van der Waals surface area (Å²) in [7, 11) is 0. The maximum Gasteiger partial charge on any atom is 0.103 e. The van der Waals surface area contributed by atoms with Crippen molar-refractivity contribution >= 4 is 17.6 Å². The van der Waals surface area contributed by atoms with Crippen LogP contribution in [0.5, 0.6) is 0 Å². The van der Waals surface area contributed by atoms with Gasteiger partial charge in [-0.3, -0.25) is 0 Å². The third kappa shape index (κ3) is 2.23. The summed E-state index contributed by atoms with van der Waals surface area (Å²) < 4.78 is 0.